The Morgan fingerprint density at radius 1 is 1.40 bits per heavy atom. The van der Waals surface area contributed by atoms with Gasteiger partial charge in [-0.3, -0.25) is 0 Å². The van der Waals surface area contributed by atoms with Crippen LogP contribution in [0.25, 0.3) is 10.9 Å². The lowest BCUT2D eigenvalue weighted by Crippen LogP contribution is -2.18. The fourth-order valence-corrected chi connectivity index (χ4v) is 1.81. The fourth-order valence-electron chi connectivity index (χ4n) is 1.34. The minimum absolute atomic E-state index is 0.761. The summed E-state index contributed by atoms with van der Waals surface area (Å²) >= 11 is 3.49. The molecular formula is C11H12BrN3. The molecule has 2 aromatic rings. The topological polar surface area (TPSA) is 29.0 Å². The van der Waals surface area contributed by atoms with Crippen molar-refractivity contribution >= 4 is 32.8 Å². The van der Waals surface area contributed by atoms with Gasteiger partial charge < -0.3 is 4.90 Å². The summed E-state index contributed by atoms with van der Waals surface area (Å²) in [5, 5.41) is 1.05. The van der Waals surface area contributed by atoms with Crippen molar-refractivity contribution in [3.8, 4) is 0 Å². The smallest absolute Gasteiger partial charge is 0.225 e. The highest BCUT2D eigenvalue weighted by Crippen LogP contribution is 2.22. The van der Waals surface area contributed by atoms with Crippen LogP contribution < -0.4 is 4.90 Å². The minimum atomic E-state index is 0.761. The zero-order chi connectivity index (χ0) is 10.8. The number of aromatic nitrogens is 2. The van der Waals surface area contributed by atoms with Crippen molar-refractivity contribution in [1.82, 2.24) is 9.97 Å². The molecule has 1 heterocycles. The zero-order valence-corrected chi connectivity index (χ0v) is 10.3. The van der Waals surface area contributed by atoms with E-state index < -0.39 is 0 Å². The number of benzene rings is 1. The van der Waals surface area contributed by atoms with Gasteiger partial charge in [-0.1, -0.05) is 12.1 Å². The van der Waals surface area contributed by atoms with Crippen molar-refractivity contribution in [1.29, 1.82) is 0 Å². The van der Waals surface area contributed by atoms with Crippen molar-refractivity contribution in [3.05, 3.63) is 28.9 Å². The largest absolute Gasteiger partial charge is 0.344 e. The van der Waals surface area contributed by atoms with E-state index in [0.717, 1.165) is 27.9 Å². The standard InChI is InChI=1S/C11H12BrN3/c1-3-15(2)11-13-7-8-5-4-6-9(12)10(8)14-11/h4-7H,3H2,1-2H3. The molecule has 0 aliphatic heterocycles. The van der Waals surface area contributed by atoms with Gasteiger partial charge in [-0.15, -0.1) is 0 Å². The molecule has 2 rings (SSSR count). The quantitative estimate of drug-likeness (QED) is 0.836. The highest BCUT2D eigenvalue weighted by Gasteiger charge is 2.05. The van der Waals surface area contributed by atoms with Crippen LogP contribution in [0.1, 0.15) is 6.92 Å². The summed E-state index contributed by atoms with van der Waals surface area (Å²) in [7, 11) is 1.98. The van der Waals surface area contributed by atoms with Gasteiger partial charge in [0.1, 0.15) is 0 Å². The summed E-state index contributed by atoms with van der Waals surface area (Å²) in [4.78, 5) is 10.8. The maximum Gasteiger partial charge on any atom is 0.225 e. The second kappa shape index (κ2) is 4.14. The van der Waals surface area contributed by atoms with E-state index in [1.54, 1.807) is 0 Å². The second-order valence-electron chi connectivity index (χ2n) is 3.36. The van der Waals surface area contributed by atoms with Crippen LogP contribution in [0.15, 0.2) is 28.9 Å². The first-order valence-electron chi connectivity index (χ1n) is 4.84. The third kappa shape index (κ3) is 1.95. The number of anilines is 1. The van der Waals surface area contributed by atoms with Crippen LogP contribution in [0.2, 0.25) is 0 Å². The van der Waals surface area contributed by atoms with Crippen LogP contribution in [0.4, 0.5) is 5.95 Å². The first-order valence-corrected chi connectivity index (χ1v) is 5.64. The number of hydrogen-bond acceptors (Lipinski definition) is 3. The number of para-hydroxylation sites is 1. The van der Waals surface area contributed by atoms with Gasteiger partial charge in [0.05, 0.1) is 5.52 Å². The Morgan fingerprint density at radius 2 is 2.20 bits per heavy atom. The predicted molar refractivity (Wildman–Crippen MR) is 66.2 cm³/mol. The van der Waals surface area contributed by atoms with Crippen molar-refractivity contribution in [2.45, 2.75) is 6.92 Å². The van der Waals surface area contributed by atoms with E-state index in [9.17, 15) is 0 Å². The van der Waals surface area contributed by atoms with E-state index in [0.29, 0.717) is 0 Å². The molecular weight excluding hydrogens is 254 g/mol. The van der Waals surface area contributed by atoms with Gasteiger partial charge in [0.2, 0.25) is 5.95 Å². The van der Waals surface area contributed by atoms with Crippen LogP contribution in [0.5, 0.6) is 0 Å². The van der Waals surface area contributed by atoms with Crippen molar-refractivity contribution in [2.75, 3.05) is 18.5 Å². The first-order chi connectivity index (χ1) is 7.22. The molecule has 0 spiro atoms. The lowest BCUT2D eigenvalue weighted by Gasteiger charge is -2.14. The molecule has 4 heteroatoms. The lowest BCUT2D eigenvalue weighted by atomic mass is 10.2. The maximum absolute atomic E-state index is 4.51. The Kier molecular flexibility index (Phi) is 2.86. The van der Waals surface area contributed by atoms with E-state index >= 15 is 0 Å². The highest BCUT2D eigenvalue weighted by molar-refractivity contribution is 9.10. The molecule has 15 heavy (non-hydrogen) atoms. The summed E-state index contributed by atoms with van der Waals surface area (Å²) in [6.45, 7) is 2.98. The van der Waals surface area contributed by atoms with Crippen LogP contribution in [0.3, 0.4) is 0 Å². The summed E-state index contributed by atoms with van der Waals surface area (Å²) in [5.41, 5.74) is 0.961. The molecule has 0 aliphatic rings. The number of nitrogens with zero attached hydrogens (tertiary/aromatic N) is 3. The average molecular weight is 266 g/mol. The third-order valence-corrected chi connectivity index (χ3v) is 3.00. The molecule has 0 N–H and O–H groups in total. The van der Waals surface area contributed by atoms with E-state index in [1.165, 1.54) is 0 Å². The Bertz CT molecular complexity index is 484. The summed E-state index contributed by atoms with van der Waals surface area (Å²) in [6, 6.07) is 5.99. The van der Waals surface area contributed by atoms with Crippen LogP contribution in [-0.2, 0) is 0 Å². The summed E-state index contributed by atoms with van der Waals surface area (Å²) in [6.07, 6.45) is 1.86. The van der Waals surface area contributed by atoms with Crippen LogP contribution >= 0.6 is 15.9 Å². The van der Waals surface area contributed by atoms with Gasteiger partial charge in [0, 0.05) is 29.6 Å². The second-order valence-corrected chi connectivity index (χ2v) is 4.22. The molecule has 1 aromatic heterocycles. The van der Waals surface area contributed by atoms with Crippen molar-refractivity contribution < 1.29 is 0 Å². The molecule has 0 radical (unpaired) electrons. The molecule has 78 valence electrons. The minimum Gasteiger partial charge on any atom is -0.344 e. The zero-order valence-electron chi connectivity index (χ0n) is 8.74. The Morgan fingerprint density at radius 3 is 2.93 bits per heavy atom. The molecule has 0 saturated heterocycles. The van der Waals surface area contributed by atoms with Crippen LogP contribution in [0, 0.1) is 0 Å². The number of fused-ring (bicyclic) bond motifs is 1. The van der Waals surface area contributed by atoms with Crippen LogP contribution in [-0.4, -0.2) is 23.6 Å². The van der Waals surface area contributed by atoms with Gasteiger partial charge in [-0.2, -0.15) is 0 Å². The molecule has 0 bridgehead atoms. The average Bonchev–Trinajstić information content (AvgIpc) is 2.28. The van der Waals surface area contributed by atoms with E-state index in [1.807, 2.05) is 36.3 Å². The van der Waals surface area contributed by atoms with E-state index in [-0.39, 0.29) is 0 Å². The number of rotatable bonds is 2. The van der Waals surface area contributed by atoms with E-state index in [2.05, 4.69) is 32.8 Å². The number of hydrogen-bond donors (Lipinski definition) is 0. The van der Waals surface area contributed by atoms with Gasteiger partial charge in [-0.05, 0) is 28.9 Å². The van der Waals surface area contributed by atoms with Gasteiger partial charge in [-0.25, -0.2) is 9.97 Å². The Balaban J connectivity index is 2.59. The first kappa shape index (κ1) is 10.4. The Hall–Kier alpha value is -1.16. The highest BCUT2D eigenvalue weighted by atomic mass is 79.9. The van der Waals surface area contributed by atoms with Crippen molar-refractivity contribution in [2.24, 2.45) is 0 Å². The maximum atomic E-state index is 4.51. The Labute approximate surface area is 97.3 Å². The molecule has 0 fully saturated rings. The molecule has 0 amide bonds. The molecule has 3 nitrogen and oxygen atoms in total. The lowest BCUT2D eigenvalue weighted by molar-refractivity contribution is 0.909. The third-order valence-electron chi connectivity index (χ3n) is 2.36. The van der Waals surface area contributed by atoms with E-state index in [4.69, 9.17) is 0 Å². The molecule has 0 aliphatic carbocycles. The fraction of sp³-hybridized carbons (Fsp3) is 0.273. The molecule has 0 saturated carbocycles. The van der Waals surface area contributed by atoms with Gasteiger partial charge in [0.25, 0.3) is 0 Å². The number of halogens is 1. The summed E-state index contributed by atoms with van der Waals surface area (Å²) < 4.78 is 1.01. The SMILES string of the molecule is CCN(C)c1ncc2cccc(Br)c2n1. The molecule has 1 aromatic carbocycles. The molecule has 0 atom stereocenters. The van der Waals surface area contributed by atoms with Gasteiger partial charge in [0.15, 0.2) is 0 Å². The summed E-state index contributed by atoms with van der Waals surface area (Å²) in [5.74, 6) is 0.761. The normalized spacial score (nSPS) is 10.6. The van der Waals surface area contributed by atoms with Crippen molar-refractivity contribution in [3.63, 3.8) is 0 Å². The molecule has 0 unspecified atom stereocenters. The predicted octanol–water partition coefficient (Wildman–Crippen LogP) is 2.85. The monoisotopic (exact) mass is 265 g/mol. The van der Waals surface area contributed by atoms with Gasteiger partial charge >= 0.3 is 0 Å².